The van der Waals surface area contributed by atoms with Crippen molar-refractivity contribution in [1.29, 1.82) is 0 Å². The zero-order valence-corrected chi connectivity index (χ0v) is 19.3. The summed E-state index contributed by atoms with van der Waals surface area (Å²) in [5.41, 5.74) is -0.180. The smallest absolute Gasteiger partial charge is 0.312 e. The van der Waals surface area contributed by atoms with Crippen molar-refractivity contribution < 1.29 is 19.1 Å². The van der Waals surface area contributed by atoms with E-state index in [9.17, 15) is 9.59 Å². The molecular weight excluding hydrogens is 390 g/mol. The highest BCUT2D eigenvalue weighted by Crippen LogP contribution is 2.50. The number of piperidine rings is 1. The van der Waals surface area contributed by atoms with Gasteiger partial charge in [-0.2, -0.15) is 0 Å². The molecule has 1 aliphatic rings. The van der Waals surface area contributed by atoms with Crippen LogP contribution >= 0.6 is 11.6 Å². The topological polar surface area (TPSA) is 55.8 Å². The summed E-state index contributed by atoms with van der Waals surface area (Å²) in [4.78, 5) is 27.6. The highest BCUT2D eigenvalue weighted by Gasteiger charge is 2.55. The third-order valence-corrected chi connectivity index (χ3v) is 6.42. The van der Waals surface area contributed by atoms with E-state index in [1.807, 2.05) is 19.1 Å². The van der Waals surface area contributed by atoms with E-state index in [0.717, 1.165) is 5.56 Å². The van der Waals surface area contributed by atoms with E-state index in [-0.39, 0.29) is 36.0 Å². The van der Waals surface area contributed by atoms with Gasteiger partial charge in [-0.05, 0) is 78.6 Å². The summed E-state index contributed by atoms with van der Waals surface area (Å²) < 4.78 is 11.0. The Kier molecular flexibility index (Phi) is 7.39. The van der Waals surface area contributed by atoms with Crippen LogP contribution in [-0.2, 0) is 25.5 Å². The fourth-order valence-corrected chi connectivity index (χ4v) is 4.79. The zero-order valence-electron chi connectivity index (χ0n) is 18.5. The normalized spacial score (nSPS) is 20.1. The van der Waals surface area contributed by atoms with Crippen LogP contribution < -0.4 is 0 Å². The molecule has 162 valence electrons. The molecule has 0 aromatic heterocycles. The maximum absolute atomic E-state index is 13.0. The van der Waals surface area contributed by atoms with Gasteiger partial charge in [0.15, 0.2) is 0 Å². The molecule has 5 nitrogen and oxygen atoms in total. The SMILES string of the molecule is CCOC(=O)C1(CCOC(=O)Cc2ccc(Cl)cc2)CC(C)(C)N(C)C(C)(C)C1. The number of ether oxygens (including phenoxy) is 2. The Bertz CT molecular complexity index is 709. The van der Waals surface area contributed by atoms with Crippen molar-refractivity contribution in [2.45, 2.75) is 71.4 Å². The number of esters is 2. The molecule has 2 rings (SSSR count). The second kappa shape index (κ2) is 9.05. The van der Waals surface area contributed by atoms with Crippen LogP contribution in [0.4, 0.5) is 0 Å². The highest BCUT2D eigenvalue weighted by atomic mass is 35.5. The number of likely N-dealkylation sites (tertiary alicyclic amines) is 1. The van der Waals surface area contributed by atoms with Crippen molar-refractivity contribution in [1.82, 2.24) is 4.90 Å². The lowest BCUT2D eigenvalue weighted by Crippen LogP contribution is -2.63. The van der Waals surface area contributed by atoms with Crippen molar-refractivity contribution in [3.8, 4) is 0 Å². The number of benzene rings is 1. The molecule has 6 heteroatoms. The first-order valence-corrected chi connectivity index (χ1v) is 10.6. The predicted octanol–water partition coefficient (Wildman–Crippen LogP) is 4.65. The highest BCUT2D eigenvalue weighted by molar-refractivity contribution is 6.30. The summed E-state index contributed by atoms with van der Waals surface area (Å²) >= 11 is 5.88. The summed E-state index contributed by atoms with van der Waals surface area (Å²) in [6.07, 6.45) is 1.96. The molecule has 1 fully saturated rings. The van der Waals surface area contributed by atoms with E-state index >= 15 is 0 Å². The van der Waals surface area contributed by atoms with Crippen LogP contribution in [0.1, 0.15) is 59.4 Å². The van der Waals surface area contributed by atoms with Crippen LogP contribution in [0.25, 0.3) is 0 Å². The van der Waals surface area contributed by atoms with Gasteiger partial charge in [-0.1, -0.05) is 23.7 Å². The van der Waals surface area contributed by atoms with Gasteiger partial charge in [0, 0.05) is 16.1 Å². The molecule has 1 aromatic rings. The van der Waals surface area contributed by atoms with Gasteiger partial charge in [0.1, 0.15) is 0 Å². The summed E-state index contributed by atoms with van der Waals surface area (Å²) in [6.45, 7) is 10.9. The second-order valence-corrected chi connectivity index (χ2v) is 9.75. The number of rotatable bonds is 7. The van der Waals surface area contributed by atoms with Gasteiger partial charge >= 0.3 is 11.9 Å². The number of carbonyl (C=O) groups is 2. The van der Waals surface area contributed by atoms with Crippen LogP contribution in [0.5, 0.6) is 0 Å². The Balaban J connectivity index is 2.08. The van der Waals surface area contributed by atoms with Gasteiger partial charge < -0.3 is 9.47 Å². The number of halogens is 1. The third kappa shape index (κ3) is 5.73. The molecule has 1 aromatic carbocycles. The Hall–Kier alpha value is -1.59. The van der Waals surface area contributed by atoms with Crippen LogP contribution in [0.15, 0.2) is 24.3 Å². The first-order valence-electron chi connectivity index (χ1n) is 10.2. The maximum atomic E-state index is 13.0. The quantitative estimate of drug-likeness (QED) is 0.597. The standard InChI is InChI=1S/C23H34ClNO4/c1-7-28-20(27)23(15-21(2,3)25(6)22(4,5)16-23)12-13-29-19(26)14-17-8-10-18(24)11-9-17/h8-11H,7,12-16H2,1-6H3. The van der Waals surface area contributed by atoms with Gasteiger partial charge in [0.05, 0.1) is 25.0 Å². The van der Waals surface area contributed by atoms with E-state index in [4.69, 9.17) is 21.1 Å². The Morgan fingerprint density at radius 1 is 1.03 bits per heavy atom. The zero-order chi connectivity index (χ0) is 21.9. The lowest BCUT2D eigenvalue weighted by Gasteiger charge is -2.57. The molecule has 0 saturated carbocycles. The van der Waals surface area contributed by atoms with E-state index in [1.165, 1.54) is 0 Å². The molecule has 0 unspecified atom stereocenters. The van der Waals surface area contributed by atoms with Crippen molar-refractivity contribution in [3.63, 3.8) is 0 Å². The number of hydrogen-bond donors (Lipinski definition) is 0. The van der Waals surface area contributed by atoms with Gasteiger partial charge in [-0.3, -0.25) is 14.5 Å². The number of nitrogens with zero attached hydrogens (tertiary/aromatic N) is 1. The monoisotopic (exact) mass is 423 g/mol. The number of hydrogen-bond acceptors (Lipinski definition) is 5. The fourth-order valence-electron chi connectivity index (χ4n) is 4.66. The van der Waals surface area contributed by atoms with Gasteiger partial charge in [0.25, 0.3) is 0 Å². The molecule has 1 aliphatic heterocycles. The van der Waals surface area contributed by atoms with E-state index < -0.39 is 5.41 Å². The second-order valence-electron chi connectivity index (χ2n) is 9.31. The molecule has 0 radical (unpaired) electrons. The molecule has 0 spiro atoms. The minimum atomic E-state index is -0.671. The third-order valence-electron chi connectivity index (χ3n) is 6.17. The van der Waals surface area contributed by atoms with Crippen molar-refractivity contribution in [2.24, 2.45) is 5.41 Å². The Morgan fingerprint density at radius 3 is 2.10 bits per heavy atom. The lowest BCUT2D eigenvalue weighted by molar-refractivity contribution is -0.172. The van der Waals surface area contributed by atoms with Crippen LogP contribution in [0.2, 0.25) is 5.02 Å². The van der Waals surface area contributed by atoms with Crippen LogP contribution in [0, 0.1) is 5.41 Å². The summed E-state index contributed by atoms with van der Waals surface area (Å²) in [6, 6.07) is 7.13. The molecule has 0 amide bonds. The minimum Gasteiger partial charge on any atom is -0.466 e. The molecule has 29 heavy (non-hydrogen) atoms. The summed E-state index contributed by atoms with van der Waals surface area (Å²) in [7, 11) is 2.10. The molecular formula is C23H34ClNO4. The van der Waals surface area contributed by atoms with Crippen LogP contribution in [-0.4, -0.2) is 48.2 Å². The maximum Gasteiger partial charge on any atom is 0.312 e. The van der Waals surface area contributed by atoms with Gasteiger partial charge in [-0.25, -0.2) is 0 Å². The van der Waals surface area contributed by atoms with Crippen molar-refractivity contribution in [2.75, 3.05) is 20.3 Å². The summed E-state index contributed by atoms with van der Waals surface area (Å²) in [5, 5.41) is 0.631. The lowest BCUT2D eigenvalue weighted by atomic mass is 9.63. The van der Waals surface area contributed by atoms with E-state index in [2.05, 4.69) is 39.6 Å². The van der Waals surface area contributed by atoms with E-state index in [1.54, 1.807) is 12.1 Å². The molecule has 0 bridgehead atoms. The molecule has 1 saturated heterocycles. The average Bonchev–Trinajstić information content (AvgIpc) is 2.61. The number of carbonyl (C=O) groups excluding carboxylic acids is 2. The van der Waals surface area contributed by atoms with E-state index in [0.29, 0.717) is 30.9 Å². The Labute approximate surface area is 179 Å². The average molecular weight is 424 g/mol. The fraction of sp³-hybridized carbons (Fsp3) is 0.652. The van der Waals surface area contributed by atoms with Crippen molar-refractivity contribution >= 4 is 23.5 Å². The Morgan fingerprint density at radius 2 is 1.59 bits per heavy atom. The molecule has 0 aliphatic carbocycles. The summed E-state index contributed by atoms with van der Waals surface area (Å²) in [5.74, 6) is -0.499. The van der Waals surface area contributed by atoms with Crippen LogP contribution in [0.3, 0.4) is 0 Å². The predicted molar refractivity (Wildman–Crippen MR) is 115 cm³/mol. The first-order chi connectivity index (χ1) is 13.4. The largest absolute Gasteiger partial charge is 0.466 e. The van der Waals surface area contributed by atoms with Crippen molar-refractivity contribution in [3.05, 3.63) is 34.9 Å². The first kappa shape index (κ1) is 23.7. The molecule has 1 heterocycles. The minimum absolute atomic E-state index is 0.179. The molecule has 0 N–H and O–H groups in total. The van der Waals surface area contributed by atoms with Gasteiger partial charge in [0.2, 0.25) is 0 Å². The molecule has 0 atom stereocenters. The van der Waals surface area contributed by atoms with Gasteiger partial charge in [-0.15, -0.1) is 0 Å².